The van der Waals surface area contributed by atoms with Crippen LogP contribution in [-0.2, 0) is 11.2 Å². The predicted molar refractivity (Wildman–Crippen MR) is 156 cm³/mol. The van der Waals surface area contributed by atoms with Crippen LogP contribution in [0.15, 0.2) is 70.7 Å². The molecule has 0 radical (unpaired) electrons. The van der Waals surface area contributed by atoms with Crippen molar-refractivity contribution >= 4 is 23.3 Å². The summed E-state index contributed by atoms with van der Waals surface area (Å²) in [6.07, 6.45) is 13.7. The Morgan fingerprint density at radius 1 is 1.19 bits per heavy atom. The molecule has 0 aliphatic heterocycles. The molecule has 1 aromatic rings. The van der Waals surface area contributed by atoms with Crippen LogP contribution < -0.4 is 0 Å². The molecule has 0 N–H and O–H groups in total. The molecule has 3 nitrogen and oxygen atoms in total. The normalized spacial score (nSPS) is 16.3. The van der Waals surface area contributed by atoms with Crippen molar-refractivity contribution in [3.8, 4) is 0 Å². The van der Waals surface area contributed by atoms with E-state index in [4.69, 9.17) is 16.3 Å². The van der Waals surface area contributed by atoms with Gasteiger partial charge in [0.2, 0.25) is 0 Å². The van der Waals surface area contributed by atoms with Gasteiger partial charge < -0.3 is 9.64 Å². The van der Waals surface area contributed by atoms with Crippen molar-refractivity contribution in [2.75, 3.05) is 13.1 Å². The molecular weight excluding hydrogens is 478 g/mol. The molecule has 37 heavy (non-hydrogen) atoms. The number of halogens is 1. The van der Waals surface area contributed by atoms with Gasteiger partial charge in [-0.3, -0.25) is 0 Å². The van der Waals surface area contributed by atoms with Crippen LogP contribution in [0.3, 0.4) is 0 Å². The van der Waals surface area contributed by atoms with Gasteiger partial charge >= 0.3 is 6.09 Å². The van der Waals surface area contributed by atoms with Crippen molar-refractivity contribution in [1.82, 2.24) is 4.90 Å². The fraction of sp³-hybridized carbons (Fsp3) is 0.485. The Bertz CT molecular complexity index is 1180. The van der Waals surface area contributed by atoms with E-state index in [1.54, 1.807) is 0 Å². The lowest BCUT2D eigenvalue weighted by atomic mass is 9.81. The van der Waals surface area contributed by atoms with Gasteiger partial charge in [-0.15, -0.1) is 11.5 Å². The first-order chi connectivity index (χ1) is 17.6. The number of hydrogen-bond donors (Lipinski definition) is 0. The quantitative estimate of drug-likeness (QED) is 0.265. The minimum Gasteiger partial charge on any atom is -0.444 e. The molecule has 198 valence electrons. The van der Waals surface area contributed by atoms with Gasteiger partial charge in [-0.05, 0) is 118 Å². The van der Waals surface area contributed by atoms with Crippen molar-refractivity contribution in [3.63, 3.8) is 0 Å². The van der Waals surface area contributed by atoms with E-state index in [9.17, 15) is 4.79 Å². The molecule has 1 unspecified atom stereocenters. The van der Waals surface area contributed by atoms with Crippen molar-refractivity contribution in [3.05, 3.63) is 86.8 Å². The van der Waals surface area contributed by atoms with Crippen molar-refractivity contribution < 1.29 is 9.53 Å². The van der Waals surface area contributed by atoms with Gasteiger partial charge in [0, 0.05) is 23.7 Å². The number of ether oxygens (including phenoxy) is 1. The smallest absolute Gasteiger partial charge is 0.410 e. The van der Waals surface area contributed by atoms with E-state index in [0.29, 0.717) is 13.1 Å². The van der Waals surface area contributed by atoms with Gasteiger partial charge in [-0.25, -0.2) is 4.79 Å². The Balaban J connectivity index is 2.01. The van der Waals surface area contributed by atoms with Gasteiger partial charge in [0.15, 0.2) is 0 Å². The Morgan fingerprint density at radius 2 is 1.97 bits per heavy atom. The second-order valence-electron chi connectivity index (χ2n) is 11.0. The molecular formula is C33H42ClNO2. The van der Waals surface area contributed by atoms with Gasteiger partial charge in [0.1, 0.15) is 5.60 Å². The van der Waals surface area contributed by atoms with Gasteiger partial charge in [0.25, 0.3) is 0 Å². The molecule has 0 saturated heterocycles. The second kappa shape index (κ2) is 13.2. The molecule has 0 bridgehead atoms. The van der Waals surface area contributed by atoms with Crippen LogP contribution in [0.4, 0.5) is 4.79 Å². The van der Waals surface area contributed by atoms with Crippen LogP contribution in [0.25, 0.3) is 5.57 Å². The van der Waals surface area contributed by atoms with Gasteiger partial charge in [-0.1, -0.05) is 50.1 Å². The lowest BCUT2D eigenvalue weighted by molar-refractivity contribution is 0.0243. The number of fused-ring (bicyclic) bond motifs is 2. The number of carbonyl (C=O) groups is 1. The number of rotatable bonds is 7. The second-order valence-corrected chi connectivity index (χ2v) is 11.4. The maximum Gasteiger partial charge on any atom is 0.410 e. The van der Waals surface area contributed by atoms with Crippen LogP contribution in [0.2, 0.25) is 5.02 Å². The standard InChI is InChI=1S/C33H42ClNO2/c1-7-20-35(32(36)37-33(4,5)6)21-19-24(3)28-16-12-14-26-17-18-27(34)23-30(26)29-15-11-9-10-13-25(8-2)22-31(28)29/h9,12-13,15,17-18,23-24H,7-8,10,14,19-22H2,1-6H3. The zero-order valence-electron chi connectivity index (χ0n) is 23.4. The molecule has 1 aromatic carbocycles. The summed E-state index contributed by atoms with van der Waals surface area (Å²) in [5.41, 5.74) is 14.1. The van der Waals surface area contributed by atoms with Crippen molar-refractivity contribution in [1.29, 1.82) is 0 Å². The SMILES string of the molecule is CCCN(CCC(C)C1=C=CCc2ccc(Cl)cc2C2=C1CC(CC)=CCC=C=C2)C(=O)OC(C)(C)C. The Kier molecular flexibility index (Phi) is 10.3. The highest BCUT2D eigenvalue weighted by Crippen LogP contribution is 2.38. The first-order valence-corrected chi connectivity index (χ1v) is 14.0. The Morgan fingerprint density at radius 3 is 2.68 bits per heavy atom. The first-order valence-electron chi connectivity index (χ1n) is 13.7. The summed E-state index contributed by atoms with van der Waals surface area (Å²) in [5.74, 6) is 0.208. The third-order valence-corrected chi connectivity index (χ3v) is 7.02. The van der Waals surface area contributed by atoms with Crippen molar-refractivity contribution in [2.24, 2.45) is 5.92 Å². The van der Waals surface area contributed by atoms with Gasteiger partial charge in [-0.2, -0.15) is 0 Å². The number of nitrogens with zero attached hydrogens (tertiary/aromatic N) is 1. The Labute approximate surface area is 228 Å². The molecule has 1 atom stereocenters. The lowest BCUT2D eigenvalue weighted by Crippen LogP contribution is -2.38. The average molecular weight is 520 g/mol. The first kappa shape index (κ1) is 28.9. The van der Waals surface area contributed by atoms with Gasteiger partial charge in [0.05, 0.1) is 0 Å². The highest BCUT2D eigenvalue weighted by molar-refractivity contribution is 6.30. The molecule has 0 heterocycles. The van der Waals surface area contributed by atoms with E-state index in [0.717, 1.165) is 43.5 Å². The van der Waals surface area contributed by atoms with Crippen LogP contribution in [0.5, 0.6) is 0 Å². The summed E-state index contributed by atoms with van der Waals surface area (Å²) in [6.45, 7) is 13.6. The molecule has 4 heteroatoms. The fourth-order valence-corrected chi connectivity index (χ4v) is 5.00. The lowest BCUT2D eigenvalue weighted by Gasteiger charge is -2.29. The minimum absolute atomic E-state index is 0.208. The van der Waals surface area contributed by atoms with Crippen molar-refractivity contribution in [2.45, 2.75) is 85.7 Å². The summed E-state index contributed by atoms with van der Waals surface area (Å²) < 4.78 is 5.69. The fourth-order valence-electron chi connectivity index (χ4n) is 4.83. The molecule has 0 fully saturated rings. The average Bonchev–Trinajstić information content (AvgIpc) is 2.93. The molecule has 0 spiro atoms. The van der Waals surface area contributed by atoms with E-state index in [-0.39, 0.29) is 12.0 Å². The van der Waals surface area contributed by atoms with E-state index in [2.05, 4.69) is 68.7 Å². The largest absolute Gasteiger partial charge is 0.444 e. The summed E-state index contributed by atoms with van der Waals surface area (Å²) >= 11 is 6.49. The molecule has 0 saturated carbocycles. The van der Waals surface area contributed by atoms with E-state index >= 15 is 0 Å². The van der Waals surface area contributed by atoms with Crippen LogP contribution in [-0.4, -0.2) is 29.7 Å². The highest BCUT2D eigenvalue weighted by Gasteiger charge is 2.25. The molecule has 2 aliphatic rings. The van der Waals surface area contributed by atoms with E-state index in [1.807, 2.05) is 31.7 Å². The maximum atomic E-state index is 12.9. The summed E-state index contributed by atoms with van der Waals surface area (Å²) in [4.78, 5) is 14.7. The molecule has 3 rings (SSSR count). The third kappa shape index (κ3) is 8.14. The molecule has 0 aromatic heterocycles. The van der Waals surface area contributed by atoms with Crippen LogP contribution in [0.1, 0.15) is 84.8 Å². The van der Waals surface area contributed by atoms with E-state index < -0.39 is 5.60 Å². The number of hydrogen-bond acceptors (Lipinski definition) is 2. The summed E-state index contributed by atoms with van der Waals surface area (Å²) in [7, 11) is 0. The third-order valence-electron chi connectivity index (χ3n) is 6.79. The number of carbonyl (C=O) groups excluding carboxylic acids is 1. The topological polar surface area (TPSA) is 29.5 Å². The zero-order chi connectivity index (χ0) is 27.0. The summed E-state index contributed by atoms with van der Waals surface area (Å²) in [5, 5.41) is 0.741. The van der Waals surface area contributed by atoms with E-state index in [1.165, 1.54) is 33.4 Å². The zero-order valence-corrected chi connectivity index (χ0v) is 24.2. The maximum absolute atomic E-state index is 12.9. The van der Waals surface area contributed by atoms with Crippen LogP contribution in [0, 0.1) is 5.92 Å². The number of allylic oxidation sites excluding steroid dienone is 6. The molecule has 1 amide bonds. The number of amides is 1. The minimum atomic E-state index is -0.506. The monoisotopic (exact) mass is 519 g/mol. The predicted octanol–water partition coefficient (Wildman–Crippen LogP) is 9.25. The number of benzene rings is 1. The van der Waals surface area contributed by atoms with Crippen LogP contribution >= 0.6 is 11.6 Å². The molecule has 2 aliphatic carbocycles. The summed E-state index contributed by atoms with van der Waals surface area (Å²) in [6, 6.07) is 6.18. The Hall–Kier alpha value is -2.70. The highest BCUT2D eigenvalue weighted by atomic mass is 35.5.